The molecule has 13 heavy (non-hydrogen) atoms. The van der Waals surface area contributed by atoms with Gasteiger partial charge in [0, 0.05) is 0 Å². The molecule has 0 radical (unpaired) electrons. The van der Waals surface area contributed by atoms with E-state index in [4.69, 9.17) is 10.2 Å². The minimum absolute atomic E-state index is 0.0637. The van der Waals surface area contributed by atoms with E-state index in [9.17, 15) is 9.59 Å². The minimum Gasteiger partial charge on any atom is -0.481 e. The molecule has 0 saturated heterocycles. The summed E-state index contributed by atoms with van der Waals surface area (Å²) in [4.78, 5) is 21.2. The topological polar surface area (TPSA) is 86.6 Å². The highest BCUT2D eigenvalue weighted by Crippen LogP contribution is 2.22. The Balaban J connectivity index is 4.39. The third kappa shape index (κ3) is 3.42. The summed E-state index contributed by atoms with van der Waals surface area (Å²) in [6.45, 7) is 3.01. The van der Waals surface area contributed by atoms with Gasteiger partial charge < -0.3 is 15.5 Å². The Kier molecular flexibility index (Phi) is 3.87. The first-order valence-electron chi connectivity index (χ1n) is 3.94. The maximum atomic E-state index is 10.7. The van der Waals surface area contributed by atoms with Gasteiger partial charge in [-0.05, 0) is 27.3 Å². The van der Waals surface area contributed by atoms with Gasteiger partial charge in [0.2, 0.25) is 0 Å². The Morgan fingerprint density at radius 1 is 1.38 bits per heavy atom. The highest BCUT2D eigenvalue weighted by atomic mass is 16.4. The fourth-order valence-electron chi connectivity index (χ4n) is 0.910. The number of carbonyl (C=O) groups is 2. The Bertz CT molecular complexity index is 212. The number of nitrogens with one attached hydrogen (secondary N) is 1. The first-order chi connectivity index (χ1) is 5.81. The fraction of sp³-hybridized carbons (Fsp3) is 0.750. The van der Waals surface area contributed by atoms with Gasteiger partial charge in [-0.3, -0.25) is 9.59 Å². The minimum atomic E-state index is -1.03. The molecule has 0 fully saturated rings. The Labute approximate surface area is 76.8 Å². The highest BCUT2D eigenvalue weighted by molar-refractivity contribution is 5.77. The molecule has 5 heteroatoms. The summed E-state index contributed by atoms with van der Waals surface area (Å²) < 4.78 is 0. The van der Waals surface area contributed by atoms with Crippen molar-refractivity contribution in [2.45, 2.75) is 26.3 Å². The van der Waals surface area contributed by atoms with Crippen LogP contribution < -0.4 is 5.32 Å². The molecule has 76 valence electrons. The molecule has 0 aliphatic rings. The van der Waals surface area contributed by atoms with Gasteiger partial charge in [-0.15, -0.1) is 0 Å². The van der Waals surface area contributed by atoms with Crippen LogP contribution in [0.5, 0.6) is 0 Å². The van der Waals surface area contributed by atoms with Crippen LogP contribution in [0.1, 0.15) is 20.3 Å². The molecule has 0 rings (SSSR count). The lowest BCUT2D eigenvalue weighted by Crippen LogP contribution is -2.40. The van der Waals surface area contributed by atoms with Crippen molar-refractivity contribution in [3.63, 3.8) is 0 Å². The van der Waals surface area contributed by atoms with E-state index in [2.05, 4.69) is 5.32 Å². The smallest absolute Gasteiger partial charge is 0.320 e. The highest BCUT2D eigenvalue weighted by Gasteiger charge is 2.32. The van der Waals surface area contributed by atoms with Crippen molar-refractivity contribution < 1.29 is 19.8 Å². The molecule has 0 aromatic rings. The predicted molar refractivity (Wildman–Crippen MR) is 46.5 cm³/mol. The van der Waals surface area contributed by atoms with Gasteiger partial charge in [-0.2, -0.15) is 0 Å². The Morgan fingerprint density at radius 3 is 2.08 bits per heavy atom. The summed E-state index contributed by atoms with van der Waals surface area (Å²) in [5.74, 6) is -2.02. The van der Waals surface area contributed by atoms with E-state index in [0.717, 1.165) is 0 Å². The summed E-state index contributed by atoms with van der Waals surface area (Å²) in [5.41, 5.74) is -1.02. The molecule has 3 N–H and O–H groups in total. The molecule has 1 unspecified atom stereocenters. The second-order valence-corrected chi connectivity index (χ2v) is 3.57. The number of hydrogen-bond donors (Lipinski definition) is 3. The Morgan fingerprint density at radius 2 is 1.85 bits per heavy atom. The van der Waals surface area contributed by atoms with Crippen LogP contribution in [0.15, 0.2) is 0 Å². The molecule has 0 bridgehead atoms. The SMILES string of the molecule is CNC(CC(C)(C)C(=O)O)C(=O)O. The first-order valence-corrected chi connectivity index (χ1v) is 3.94. The van der Waals surface area contributed by atoms with Crippen molar-refractivity contribution in [2.75, 3.05) is 7.05 Å². The van der Waals surface area contributed by atoms with Gasteiger partial charge in [0.1, 0.15) is 6.04 Å². The van der Waals surface area contributed by atoms with Gasteiger partial charge in [-0.25, -0.2) is 0 Å². The van der Waals surface area contributed by atoms with Crippen LogP contribution in [0.3, 0.4) is 0 Å². The molecule has 0 aromatic heterocycles. The standard InChI is InChI=1S/C8H15NO4/c1-8(2,7(12)13)4-5(9-3)6(10)11/h5,9H,4H2,1-3H3,(H,10,11)(H,12,13). The largest absolute Gasteiger partial charge is 0.481 e. The third-order valence-electron chi connectivity index (χ3n) is 1.94. The van der Waals surface area contributed by atoms with Crippen LogP contribution in [-0.4, -0.2) is 35.2 Å². The van der Waals surface area contributed by atoms with Crippen molar-refractivity contribution in [3.8, 4) is 0 Å². The zero-order valence-corrected chi connectivity index (χ0v) is 8.00. The van der Waals surface area contributed by atoms with Crippen LogP contribution in [0.2, 0.25) is 0 Å². The van der Waals surface area contributed by atoms with Gasteiger partial charge >= 0.3 is 11.9 Å². The molecule has 0 heterocycles. The molecule has 0 spiro atoms. The number of likely N-dealkylation sites (N-methyl/N-ethyl adjacent to an activating group) is 1. The third-order valence-corrected chi connectivity index (χ3v) is 1.94. The lowest BCUT2D eigenvalue weighted by Gasteiger charge is -2.22. The van der Waals surface area contributed by atoms with Gasteiger partial charge in [0.25, 0.3) is 0 Å². The molecule has 5 nitrogen and oxygen atoms in total. The maximum Gasteiger partial charge on any atom is 0.320 e. The van der Waals surface area contributed by atoms with Crippen molar-refractivity contribution in [3.05, 3.63) is 0 Å². The quantitative estimate of drug-likeness (QED) is 0.573. The van der Waals surface area contributed by atoms with Crippen LogP contribution in [0, 0.1) is 5.41 Å². The summed E-state index contributed by atoms with van der Waals surface area (Å²) >= 11 is 0. The first kappa shape index (κ1) is 11.9. The number of aliphatic carboxylic acids is 2. The van der Waals surface area contributed by atoms with E-state index in [1.165, 1.54) is 20.9 Å². The van der Waals surface area contributed by atoms with Crippen LogP contribution in [-0.2, 0) is 9.59 Å². The molecule has 0 aliphatic heterocycles. The monoisotopic (exact) mass is 189 g/mol. The lowest BCUT2D eigenvalue weighted by molar-refractivity contribution is -0.149. The normalized spacial score (nSPS) is 13.8. The second kappa shape index (κ2) is 4.23. The molecule has 0 saturated carbocycles. The predicted octanol–water partition coefficient (Wildman–Crippen LogP) is 0.160. The van der Waals surface area contributed by atoms with Gasteiger partial charge in [0.05, 0.1) is 5.41 Å². The van der Waals surface area contributed by atoms with E-state index in [0.29, 0.717) is 0 Å². The fourth-order valence-corrected chi connectivity index (χ4v) is 0.910. The average molecular weight is 189 g/mol. The molecule has 0 aromatic carbocycles. The van der Waals surface area contributed by atoms with E-state index in [-0.39, 0.29) is 6.42 Å². The van der Waals surface area contributed by atoms with Crippen molar-refractivity contribution in [1.82, 2.24) is 5.32 Å². The average Bonchev–Trinajstić information content (AvgIpc) is 1.99. The number of carboxylic acid groups (broad SMARTS) is 2. The number of hydrogen-bond acceptors (Lipinski definition) is 3. The van der Waals surface area contributed by atoms with Crippen LogP contribution in [0.25, 0.3) is 0 Å². The molecule has 0 amide bonds. The molecular weight excluding hydrogens is 174 g/mol. The van der Waals surface area contributed by atoms with E-state index in [1.807, 2.05) is 0 Å². The van der Waals surface area contributed by atoms with Gasteiger partial charge in [0.15, 0.2) is 0 Å². The zero-order chi connectivity index (χ0) is 10.6. The summed E-state index contributed by atoms with van der Waals surface area (Å²) in [6, 6.07) is -0.814. The molecule has 0 aliphatic carbocycles. The number of carboxylic acids is 2. The number of rotatable bonds is 5. The lowest BCUT2D eigenvalue weighted by atomic mass is 9.86. The summed E-state index contributed by atoms with van der Waals surface area (Å²) in [5, 5.41) is 20.0. The Hall–Kier alpha value is -1.10. The van der Waals surface area contributed by atoms with Crippen molar-refractivity contribution in [1.29, 1.82) is 0 Å². The van der Waals surface area contributed by atoms with Crippen molar-refractivity contribution in [2.24, 2.45) is 5.41 Å². The zero-order valence-electron chi connectivity index (χ0n) is 8.00. The molecule has 1 atom stereocenters. The summed E-state index contributed by atoms with van der Waals surface area (Å²) in [6.07, 6.45) is 0.0637. The van der Waals surface area contributed by atoms with E-state index < -0.39 is 23.4 Å². The second-order valence-electron chi connectivity index (χ2n) is 3.57. The van der Waals surface area contributed by atoms with Crippen molar-refractivity contribution >= 4 is 11.9 Å². The van der Waals surface area contributed by atoms with E-state index in [1.54, 1.807) is 0 Å². The van der Waals surface area contributed by atoms with Gasteiger partial charge in [-0.1, -0.05) is 0 Å². The van der Waals surface area contributed by atoms with Crippen LogP contribution >= 0.6 is 0 Å². The maximum absolute atomic E-state index is 10.7. The van der Waals surface area contributed by atoms with E-state index >= 15 is 0 Å². The molecular formula is C8H15NO4. The summed E-state index contributed by atoms with van der Waals surface area (Å²) in [7, 11) is 1.50. The van der Waals surface area contributed by atoms with Crippen LogP contribution in [0.4, 0.5) is 0 Å².